The van der Waals surface area contributed by atoms with Crippen molar-refractivity contribution in [3.8, 4) is 0 Å². The number of nitrogens with two attached hydrogens (primary N) is 1. The third-order valence-electron chi connectivity index (χ3n) is 2.28. The number of oxime groups is 1. The quantitative estimate of drug-likeness (QED) is 0.338. The summed E-state index contributed by atoms with van der Waals surface area (Å²) in [4.78, 5) is 11.4. The van der Waals surface area contributed by atoms with Gasteiger partial charge in [-0.15, -0.1) is 0 Å². The Hall–Kier alpha value is -2.29. The third kappa shape index (κ3) is 3.85. The summed E-state index contributed by atoms with van der Waals surface area (Å²) in [6.45, 7) is -0.281. The van der Waals surface area contributed by atoms with Crippen LogP contribution < -0.4 is 11.1 Å². The minimum atomic E-state index is -4.58. The number of rotatable bonds is 4. The summed E-state index contributed by atoms with van der Waals surface area (Å²) in [5.74, 6) is -1.14. The average Bonchev–Trinajstić information content (AvgIpc) is 2.37. The van der Waals surface area contributed by atoms with E-state index in [1.54, 1.807) is 0 Å². The van der Waals surface area contributed by atoms with Gasteiger partial charge in [-0.2, -0.15) is 13.2 Å². The lowest BCUT2D eigenvalue weighted by Crippen LogP contribution is -2.22. The summed E-state index contributed by atoms with van der Waals surface area (Å²) < 4.78 is 42.4. The molecule has 6 nitrogen and oxygen atoms in total. The molecule has 110 valence electrons. The predicted octanol–water partition coefficient (Wildman–Crippen LogP) is 1.38. The van der Waals surface area contributed by atoms with Crippen LogP contribution >= 0.6 is 0 Å². The first-order valence-electron chi connectivity index (χ1n) is 5.27. The van der Waals surface area contributed by atoms with Gasteiger partial charge in [-0.1, -0.05) is 5.16 Å². The van der Waals surface area contributed by atoms with Gasteiger partial charge >= 0.3 is 6.18 Å². The summed E-state index contributed by atoms with van der Waals surface area (Å²) in [5, 5.41) is 13.5. The highest BCUT2D eigenvalue weighted by atomic mass is 19.4. The Labute approximate surface area is 112 Å². The number of amides is 1. The fourth-order valence-electron chi connectivity index (χ4n) is 1.41. The highest BCUT2D eigenvalue weighted by molar-refractivity contribution is 6.05. The lowest BCUT2D eigenvalue weighted by molar-refractivity contribution is -0.137. The molecule has 0 saturated heterocycles. The van der Waals surface area contributed by atoms with E-state index in [1.165, 1.54) is 7.11 Å². The van der Waals surface area contributed by atoms with Crippen molar-refractivity contribution < 1.29 is 27.9 Å². The number of hydrogen-bond acceptors (Lipinski definition) is 4. The molecular formula is C11H12F3N3O3. The number of methoxy groups -OCH3 is 1. The highest BCUT2D eigenvalue weighted by Gasteiger charge is 2.31. The van der Waals surface area contributed by atoms with E-state index in [2.05, 4.69) is 15.2 Å². The number of alkyl halides is 3. The number of anilines is 1. The number of ether oxygens (including phenoxy) is 1. The molecule has 0 aliphatic carbocycles. The van der Waals surface area contributed by atoms with Crippen LogP contribution in [0.4, 0.5) is 18.9 Å². The van der Waals surface area contributed by atoms with Crippen LogP contribution in [0.25, 0.3) is 0 Å². The fourth-order valence-corrected chi connectivity index (χ4v) is 1.41. The van der Waals surface area contributed by atoms with Crippen molar-refractivity contribution in [1.82, 2.24) is 0 Å². The molecule has 9 heteroatoms. The van der Waals surface area contributed by atoms with Crippen LogP contribution in [0.5, 0.6) is 0 Å². The van der Waals surface area contributed by atoms with Gasteiger partial charge in [-0.3, -0.25) is 4.79 Å². The molecule has 0 heterocycles. The molecule has 4 N–H and O–H groups in total. The molecule has 1 rings (SSSR count). The van der Waals surface area contributed by atoms with Gasteiger partial charge in [0, 0.05) is 12.7 Å². The van der Waals surface area contributed by atoms with Crippen LogP contribution in [0.3, 0.4) is 0 Å². The van der Waals surface area contributed by atoms with Crippen molar-refractivity contribution in [2.75, 3.05) is 19.0 Å². The fraction of sp³-hybridized carbons (Fsp3) is 0.273. The highest BCUT2D eigenvalue weighted by Crippen LogP contribution is 2.31. The molecule has 1 aromatic carbocycles. The van der Waals surface area contributed by atoms with Crippen molar-refractivity contribution in [3.63, 3.8) is 0 Å². The van der Waals surface area contributed by atoms with E-state index < -0.39 is 23.5 Å². The molecule has 0 atom stereocenters. The summed E-state index contributed by atoms with van der Waals surface area (Å²) in [6, 6.07) is 2.47. The van der Waals surface area contributed by atoms with Gasteiger partial charge in [0.05, 0.1) is 11.3 Å². The first-order valence-corrected chi connectivity index (χ1v) is 5.27. The van der Waals surface area contributed by atoms with E-state index in [9.17, 15) is 18.0 Å². The molecule has 0 unspecified atom stereocenters. The van der Waals surface area contributed by atoms with E-state index >= 15 is 0 Å². The van der Waals surface area contributed by atoms with E-state index in [4.69, 9.17) is 10.9 Å². The van der Waals surface area contributed by atoms with Gasteiger partial charge in [-0.25, -0.2) is 0 Å². The minimum absolute atomic E-state index is 0.0182. The molecule has 1 aromatic rings. The lowest BCUT2D eigenvalue weighted by atomic mass is 10.1. The zero-order valence-corrected chi connectivity index (χ0v) is 10.4. The smallest absolute Gasteiger partial charge is 0.409 e. The zero-order chi connectivity index (χ0) is 15.3. The van der Waals surface area contributed by atoms with Crippen LogP contribution in [-0.2, 0) is 15.7 Å². The summed E-state index contributed by atoms with van der Waals surface area (Å²) >= 11 is 0. The van der Waals surface area contributed by atoms with E-state index in [0.717, 1.165) is 12.1 Å². The summed E-state index contributed by atoms with van der Waals surface area (Å²) in [5.41, 5.74) is 4.06. The molecule has 0 radical (unpaired) electrons. The van der Waals surface area contributed by atoms with Crippen molar-refractivity contribution in [2.45, 2.75) is 6.18 Å². The Kier molecular flexibility index (Phi) is 4.92. The SMILES string of the molecule is COCC(=O)Nc1ccc(C(F)(F)F)cc1/C(N)=N/O. The van der Waals surface area contributed by atoms with Crippen molar-refractivity contribution in [2.24, 2.45) is 10.9 Å². The van der Waals surface area contributed by atoms with E-state index in [-0.39, 0.29) is 17.9 Å². The largest absolute Gasteiger partial charge is 0.416 e. The normalized spacial score (nSPS) is 12.3. The number of carbonyl (C=O) groups is 1. The molecular weight excluding hydrogens is 279 g/mol. The Balaban J connectivity index is 3.21. The second-order valence-corrected chi connectivity index (χ2v) is 3.72. The molecule has 0 aromatic heterocycles. The van der Waals surface area contributed by atoms with Gasteiger partial charge in [0.2, 0.25) is 5.91 Å². The maximum absolute atomic E-state index is 12.6. The topological polar surface area (TPSA) is 96.9 Å². The van der Waals surface area contributed by atoms with Crippen LogP contribution in [0.2, 0.25) is 0 Å². The predicted molar refractivity (Wildman–Crippen MR) is 64.5 cm³/mol. The maximum atomic E-state index is 12.6. The molecule has 0 aliphatic rings. The first-order chi connectivity index (χ1) is 9.29. The van der Waals surface area contributed by atoms with Crippen LogP contribution in [0.1, 0.15) is 11.1 Å². The van der Waals surface area contributed by atoms with Gasteiger partial charge in [0.25, 0.3) is 0 Å². The molecule has 0 spiro atoms. The lowest BCUT2D eigenvalue weighted by Gasteiger charge is -2.13. The van der Waals surface area contributed by atoms with Gasteiger partial charge in [0.15, 0.2) is 5.84 Å². The first kappa shape index (κ1) is 15.8. The van der Waals surface area contributed by atoms with Crippen LogP contribution in [-0.4, -0.2) is 30.7 Å². The molecule has 0 fully saturated rings. The molecule has 20 heavy (non-hydrogen) atoms. The molecule has 1 amide bonds. The number of amidine groups is 1. The van der Waals surface area contributed by atoms with Crippen molar-refractivity contribution >= 4 is 17.4 Å². The Morgan fingerprint density at radius 2 is 2.15 bits per heavy atom. The average molecular weight is 291 g/mol. The number of nitrogens with one attached hydrogen (secondary N) is 1. The minimum Gasteiger partial charge on any atom is -0.409 e. The van der Waals surface area contributed by atoms with E-state index in [0.29, 0.717) is 6.07 Å². The molecule has 0 aliphatic heterocycles. The Morgan fingerprint density at radius 1 is 1.50 bits per heavy atom. The van der Waals surface area contributed by atoms with E-state index in [1.807, 2.05) is 0 Å². The standard InChI is InChI=1S/C11H12F3N3O3/c1-20-5-9(18)16-8-3-2-6(11(12,13)14)4-7(8)10(15)17-19/h2-4,19H,5H2,1H3,(H2,15,17)(H,16,18). The van der Waals surface area contributed by atoms with Crippen LogP contribution in [0, 0.1) is 0 Å². The second-order valence-electron chi connectivity index (χ2n) is 3.72. The Bertz CT molecular complexity index is 529. The number of hydrogen-bond donors (Lipinski definition) is 3. The molecule has 0 saturated carbocycles. The summed E-state index contributed by atoms with van der Waals surface area (Å²) in [7, 11) is 1.29. The number of halogens is 3. The number of benzene rings is 1. The zero-order valence-electron chi connectivity index (χ0n) is 10.4. The van der Waals surface area contributed by atoms with Crippen molar-refractivity contribution in [3.05, 3.63) is 29.3 Å². The maximum Gasteiger partial charge on any atom is 0.416 e. The number of carbonyl (C=O) groups excluding carboxylic acids is 1. The number of nitrogens with zero attached hydrogens (tertiary/aromatic N) is 1. The van der Waals surface area contributed by atoms with Gasteiger partial charge in [0.1, 0.15) is 6.61 Å². The van der Waals surface area contributed by atoms with Gasteiger partial charge in [-0.05, 0) is 18.2 Å². The van der Waals surface area contributed by atoms with Gasteiger partial charge < -0.3 is 21.0 Å². The molecule has 0 bridgehead atoms. The van der Waals surface area contributed by atoms with Crippen LogP contribution in [0.15, 0.2) is 23.4 Å². The van der Waals surface area contributed by atoms with Crippen molar-refractivity contribution in [1.29, 1.82) is 0 Å². The second kappa shape index (κ2) is 6.24. The summed E-state index contributed by atoms with van der Waals surface area (Å²) in [6.07, 6.45) is -4.58. The third-order valence-corrected chi connectivity index (χ3v) is 2.28. The monoisotopic (exact) mass is 291 g/mol. The Morgan fingerprint density at radius 3 is 2.65 bits per heavy atom.